The van der Waals surface area contributed by atoms with Crippen molar-refractivity contribution >= 4 is 44.0 Å². The highest BCUT2D eigenvalue weighted by atomic mass is 16.6. The van der Waals surface area contributed by atoms with Gasteiger partial charge in [-0.25, -0.2) is 4.79 Å². The van der Waals surface area contributed by atoms with Gasteiger partial charge in [-0.3, -0.25) is 10.1 Å². The lowest BCUT2D eigenvalue weighted by molar-refractivity contribution is -0.384. The number of benzene rings is 4. The monoisotopic (exact) mass is 317 g/mol. The number of carboxylic acids is 1. The van der Waals surface area contributed by atoms with Crippen LogP contribution in [-0.2, 0) is 0 Å². The van der Waals surface area contributed by atoms with Crippen molar-refractivity contribution in [3.05, 3.63) is 76.3 Å². The van der Waals surface area contributed by atoms with Crippen LogP contribution in [-0.4, -0.2) is 16.0 Å². The number of hydrogen-bond acceptors (Lipinski definition) is 3. The van der Waals surface area contributed by atoms with E-state index < -0.39 is 10.9 Å². The van der Waals surface area contributed by atoms with E-state index in [9.17, 15) is 14.9 Å². The van der Waals surface area contributed by atoms with Crippen molar-refractivity contribution < 1.29 is 14.8 Å². The molecule has 4 rings (SSSR count). The van der Waals surface area contributed by atoms with E-state index >= 15 is 0 Å². The third-order valence-corrected chi connectivity index (χ3v) is 4.27. The van der Waals surface area contributed by atoms with Crippen molar-refractivity contribution in [3.8, 4) is 0 Å². The maximum Gasteiger partial charge on any atom is 0.335 e. The Morgan fingerprint density at radius 1 is 0.792 bits per heavy atom. The molecule has 0 saturated heterocycles. The quantitative estimate of drug-likeness (QED) is 0.328. The molecule has 1 N–H and O–H groups in total. The molecule has 4 aromatic rings. The van der Waals surface area contributed by atoms with Gasteiger partial charge in [-0.1, -0.05) is 30.3 Å². The number of fused-ring (bicyclic) bond motifs is 5. The van der Waals surface area contributed by atoms with Crippen LogP contribution in [0.3, 0.4) is 0 Å². The van der Waals surface area contributed by atoms with Crippen molar-refractivity contribution in [2.24, 2.45) is 0 Å². The molecule has 0 aliphatic heterocycles. The Balaban J connectivity index is 2.05. The summed E-state index contributed by atoms with van der Waals surface area (Å²) in [5.74, 6) is -0.956. The van der Waals surface area contributed by atoms with Gasteiger partial charge >= 0.3 is 5.97 Å². The van der Waals surface area contributed by atoms with Gasteiger partial charge in [0.25, 0.3) is 5.69 Å². The van der Waals surface area contributed by atoms with E-state index in [4.69, 9.17) is 5.11 Å². The zero-order chi connectivity index (χ0) is 16.8. The molecule has 0 heterocycles. The molecule has 0 bridgehead atoms. The molecule has 4 aromatic carbocycles. The van der Waals surface area contributed by atoms with Crippen LogP contribution < -0.4 is 0 Å². The molecule has 0 saturated carbocycles. The van der Waals surface area contributed by atoms with Crippen LogP contribution in [0.4, 0.5) is 5.69 Å². The van der Waals surface area contributed by atoms with Crippen LogP contribution in [0.25, 0.3) is 32.3 Å². The molecule has 0 aliphatic carbocycles. The summed E-state index contributed by atoms with van der Waals surface area (Å²) < 4.78 is 0. The molecule has 116 valence electrons. The van der Waals surface area contributed by atoms with E-state index in [-0.39, 0.29) is 11.3 Å². The van der Waals surface area contributed by atoms with Crippen molar-refractivity contribution in [1.29, 1.82) is 0 Å². The summed E-state index contributed by atoms with van der Waals surface area (Å²) in [6.45, 7) is 0. The molecule has 5 heteroatoms. The third-order valence-electron chi connectivity index (χ3n) is 4.27. The molecule has 0 atom stereocenters. The molecule has 5 nitrogen and oxygen atoms in total. The minimum Gasteiger partial charge on any atom is -0.478 e. The summed E-state index contributed by atoms with van der Waals surface area (Å²) >= 11 is 0. The number of nitro groups is 1. The average molecular weight is 317 g/mol. The molecule has 0 aliphatic rings. The summed E-state index contributed by atoms with van der Waals surface area (Å²) in [5.41, 5.74) is 0.312. The standard InChI is InChI=1S/C19H11NO4/c21-19(22)13-3-5-15-11(9-13)1-6-18-16-8-4-14(20(23)24)10-12(16)2-7-17(15)18/h1-10H,(H,21,22). The first-order chi connectivity index (χ1) is 11.5. The van der Waals surface area contributed by atoms with Crippen molar-refractivity contribution in [2.75, 3.05) is 0 Å². The molecule has 0 fully saturated rings. The van der Waals surface area contributed by atoms with Crippen molar-refractivity contribution in [1.82, 2.24) is 0 Å². The van der Waals surface area contributed by atoms with Gasteiger partial charge in [-0.15, -0.1) is 0 Å². The minimum atomic E-state index is -0.956. The SMILES string of the molecule is O=C(O)c1ccc2c(ccc3c4ccc([N+](=O)[O-])cc4ccc23)c1. The lowest BCUT2D eigenvalue weighted by Crippen LogP contribution is -1.95. The Labute approximate surface area is 135 Å². The highest BCUT2D eigenvalue weighted by Crippen LogP contribution is 2.33. The fourth-order valence-corrected chi connectivity index (χ4v) is 3.12. The van der Waals surface area contributed by atoms with Crippen LogP contribution >= 0.6 is 0 Å². The summed E-state index contributed by atoms with van der Waals surface area (Å²) in [5, 5.41) is 25.6. The second-order valence-corrected chi connectivity index (χ2v) is 5.63. The van der Waals surface area contributed by atoms with E-state index in [2.05, 4.69) is 0 Å². The summed E-state index contributed by atoms with van der Waals surface area (Å²) in [6.07, 6.45) is 0. The largest absolute Gasteiger partial charge is 0.478 e. The Kier molecular flexibility index (Phi) is 2.96. The van der Waals surface area contributed by atoms with E-state index in [1.54, 1.807) is 30.3 Å². The van der Waals surface area contributed by atoms with E-state index in [1.807, 2.05) is 24.3 Å². The van der Waals surface area contributed by atoms with Crippen LogP contribution in [0.2, 0.25) is 0 Å². The van der Waals surface area contributed by atoms with Gasteiger partial charge in [0.05, 0.1) is 10.5 Å². The number of non-ortho nitro benzene ring substituents is 1. The lowest BCUT2D eigenvalue weighted by atomic mass is 9.96. The van der Waals surface area contributed by atoms with Gasteiger partial charge in [-0.2, -0.15) is 0 Å². The average Bonchev–Trinajstić information content (AvgIpc) is 2.59. The van der Waals surface area contributed by atoms with Crippen LogP contribution in [0.1, 0.15) is 10.4 Å². The third kappa shape index (κ3) is 2.06. The summed E-state index contributed by atoms with van der Waals surface area (Å²) in [4.78, 5) is 21.6. The van der Waals surface area contributed by atoms with Gasteiger partial charge in [0, 0.05) is 12.1 Å². The highest BCUT2D eigenvalue weighted by Gasteiger charge is 2.10. The Morgan fingerprint density at radius 2 is 1.33 bits per heavy atom. The van der Waals surface area contributed by atoms with E-state index in [0.29, 0.717) is 0 Å². The van der Waals surface area contributed by atoms with Gasteiger partial charge in [0.15, 0.2) is 0 Å². The first kappa shape index (κ1) is 14.1. The van der Waals surface area contributed by atoms with Crippen LogP contribution in [0, 0.1) is 10.1 Å². The predicted molar refractivity (Wildman–Crippen MR) is 92.6 cm³/mol. The van der Waals surface area contributed by atoms with E-state index in [1.165, 1.54) is 6.07 Å². The number of nitro benzene ring substituents is 1. The topological polar surface area (TPSA) is 80.4 Å². The number of hydrogen-bond donors (Lipinski definition) is 1. The molecule has 0 amide bonds. The predicted octanol–water partition coefficient (Wildman–Crippen LogP) is 4.75. The molecular formula is C19H11NO4. The normalized spacial score (nSPS) is 11.2. The number of nitrogens with zero attached hydrogens (tertiary/aromatic N) is 1. The number of carbonyl (C=O) groups is 1. The highest BCUT2D eigenvalue weighted by molar-refractivity contribution is 6.17. The summed E-state index contributed by atoms with van der Waals surface area (Å²) in [7, 11) is 0. The smallest absolute Gasteiger partial charge is 0.335 e. The van der Waals surface area contributed by atoms with Gasteiger partial charge in [0.1, 0.15) is 0 Å². The van der Waals surface area contributed by atoms with Gasteiger partial charge in [-0.05, 0) is 50.5 Å². The molecular weight excluding hydrogens is 306 g/mol. The number of rotatable bonds is 2. The molecule has 24 heavy (non-hydrogen) atoms. The Bertz CT molecular complexity index is 1070. The zero-order valence-electron chi connectivity index (χ0n) is 12.4. The van der Waals surface area contributed by atoms with Gasteiger partial charge in [0.2, 0.25) is 0 Å². The molecule has 0 radical (unpaired) electrons. The van der Waals surface area contributed by atoms with Crippen molar-refractivity contribution in [3.63, 3.8) is 0 Å². The second-order valence-electron chi connectivity index (χ2n) is 5.63. The fraction of sp³-hybridized carbons (Fsp3) is 0. The lowest BCUT2D eigenvalue weighted by Gasteiger charge is -2.08. The molecule has 0 aromatic heterocycles. The second kappa shape index (κ2) is 5.03. The zero-order valence-corrected chi connectivity index (χ0v) is 12.4. The molecule has 0 unspecified atom stereocenters. The van der Waals surface area contributed by atoms with Crippen molar-refractivity contribution in [2.45, 2.75) is 0 Å². The molecule has 0 spiro atoms. The van der Waals surface area contributed by atoms with Gasteiger partial charge < -0.3 is 5.11 Å². The first-order valence-corrected chi connectivity index (χ1v) is 7.31. The van der Waals surface area contributed by atoms with Crippen LogP contribution in [0.5, 0.6) is 0 Å². The number of aromatic carboxylic acids is 1. The maximum atomic E-state index is 11.1. The Morgan fingerprint density at radius 3 is 1.92 bits per heavy atom. The Hall–Kier alpha value is -3.47. The number of carboxylic acid groups (broad SMARTS) is 1. The fourth-order valence-electron chi connectivity index (χ4n) is 3.12. The maximum absolute atomic E-state index is 11.1. The first-order valence-electron chi connectivity index (χ1n) is 7.31. The van der Waals surface area contributed by atoms with Crippen LogP contribution in [0.15, 0.2) is 60.7 Å². The summed E-state index contributed by atoms with van der Waals surface area (Å²) in [6, 6.07) is 17.4. The minimum absolute atomic E-state index is 0.0636. The van der Waals surface area contributed by atoms with E-state index in [0.717, 1.165) is 32.3 Å².